The van der Waals surface area contributed by atoms with Crippen molar-refractivity contribution in [1.29, 1.82) is 0 Å². The van der Waals surface area contributed by atoms with Gasteiger partial charge >= 0.3 is 0 Å². The van der Waals surface area contributed by atoms with Gasteiger partial charge in [0.1, 0.15) is 0 Å². The maximum absolute atomic E-state index is 11.8. The van der Waals surface area contributed by atoms with Gasteiger partial charge in [-0.1, -0.05) is 29.8 Å². The number of carbonyl (C=O) groups excluding carboxylic acids is 1. The molecular formula is C14H19ClN2O3S. The summed E-state index contributed by atoms with van der Waals surface area (Å²) in [5, 5.41) is 6.48. The minimum atomic E-state index is -2.97. The van der Waals surface area contributed by atoms with Crippen LogP contribution in [-0.4, -0.2) is 38.4 Å². The van der Waals surface area contributed by atoms with Crippen molar-refractivity contribution in [3.63, 3.8) is 0 Å². The molecule has 1 aromatic carbocycles. The van der Waals surface area contributed by atoms with Gasteiger partial charge in [-0.2, -0.15) is 0 Å². The van der Waals surface area contributed by atoms with E-state index in [9.17, 15) is 13.2 Å². The van der Waals surface area contributed by atoms with Gasteiger partial charge in [0.2, 0.25) is 5.91 Å². The second kappa shape index (κ2) is 6.77. The zero-order valence-electron chi connectivity index (χ0n) is 11.8. The molecule has 0 bridgehead atoms. The molecule has 0 aromatic heterocycles. The summed E-state index contributed by atoms with van der Waals surface area (Å²) in [6, 6.07) is 7.13. The lowest BCUT2D eigenvalue weighted by atomic mass is 10.1. The Morgan fingerprint density at radius 3 is 2.76 bits per heavy atom. The van der Waals surface area contributed by atoms with Crippen molar-refractivity contribution in [1.82, 2.24) is 10.6 Å². The molecule has 116 valence electrons. The summed E-state index contributed by atoms with van der Waals surface area (Å²) < 4.78 is 22.7. The number of hydrogen-bond donors (Lipinski definition) is 2. The maximum Gasteiger partial charge on any atom is 0.234 e. The van der Waals surface area contributed by atoms with Crippen LogP contribution < -0.4 is 10.6 Å². The molecule has 0 aliphatic carbocycles. The first-order valence-electron chi connectivity index (χ1n) is 6.85. The van der Waals surface area contributed by atoms with Crippen LogP contribution in [0.15, 0.2) is 24.3 Å². The number of benzene rings is 1. The summed E-state index contributed by atoms with van der Waals surface area (Å²) in [6.07, 6.45) is 0.494. The van der Waals surface area contributed by atoms with E-state index in [0.29, 0.717) is 11.4 Å². The summed E-state index contributed by atoms with van der Waals surface area (Å²) >= 11 is 6.10. The van der Waals surface area contributed by atoms with Crippen LogP contribution in [0.3, 0.4) is 0 Å². The fraction of sp³-hybridized carbons (Fsp3) is 0.500. The zero-order valence-corrected chi connectivity index (χ0v) is 13.4. The Bertz CT molecular complexity index is 618. The highest BCUT2D eigenvalue weighted by Gasteiger charge is 2.28. The van der Waals surface area contributed by atoms with Crippen LogP contribution in [0.2, 0.25) is 5.02 Å². The maximum atomic E-state index is 11.8. The fourth-order valence-corrected chi connectivity index (χ4v) is 4.34. The molecule has 7 heteroatoms. The van der Waals surface area contributed by atoms with Gasteiger partial charge < -0.3 is 10.6 Å². The van der Waals surface area contributed by atoms with Crippen LogP contribution >= 0.6 is 11.6 Å². The number of carbonyl (C=O) groups is 1. The molecular weight excluding hydrogens is 312 g/mol. The highest BCUT2D eigenvalue weighted by Crippen LogP contribution is 2.21. The summed E-state index contributed by atoms with van der Waals surface area (Å²) in [7, 11) is -2.97. The molecule has 0 unspecified atom stereocenters. The SMILES string of the molecule is C[C@@H](NCC(=O)N[C@H]1CCS(=O)(=O)C1)c1ccccc1Cl. The predicted molar refractivity (Wildman–Crippen MR) is 83.1 cm³/mol. The molecule has 0 saturated carbocycles. The Morgan fingerprint density at radius 1 is 1.43 bits per heavy atom. The van der Waals surface area contributed by atoms with E-state index in [1.54, 1.807) is 6.07 Å². The van der Waals surface area contributed by atoms with Crippen LogP contribution in [0.5, 0.6) is 0 Å². The number of amides is 1. The van der Waals surface area contributed by atoms with Crippen LogP contribution in [-0.2, 0) is 14.6 Å². The first kappa shape index (κ1) is 16.3. The van der Waals surface area contributed by atoms with E-state index in [0.717, 1.165) is 5.56 Å². The lowest BCUT2D eigenvalue weighted by Gasteiger charge is -2.16. The van der Waals surface area contributed by atoms with Crippen LogP contribution in [0.25, 0.3) is 0 Å². The molecule has 0 spiro atoms. The van der Waals surface area contributed by atoms with E-state index in [1.165, 1.54) is 0 Å². The van der Waals surface area contributed by atoms with E-state index in [-0.39, 0.29) is 36.0 Å². The lowest BCUT2D eigenvalue weighted by molar-refractivity contribution is -0.120. The van der Waals surface area contributed by atoms with E-state index >= 15 is 0 Å². The average molecular weight is 331 g/mol. The van der Waals surface area contributed by atoms with Crippen molar-refractivity contribution in [2.75, 3.05) is 18.1 Å². The Hall–Kier alpha value is -1.11. The van der Waals surface area contributed by atoms with Gasteiger partial charge in [0, 0.05) is 17.1 Å². The second-order valence-corrected chi connectivity index (χ2v) is 7.93. The third-order valence-corrected chi connectivity index (χ3v) is 5.65. The number of sulfone groups is 1. The molecule has 1 amide bonds. The van der Waals surface area contributed by atoms with Crippen molar-refractivity contribution in [2.24, 2.45) is 0 Å². The smallest absolute Gasteiger partial charge is 0.234 e. The molecule has 1 aromatic rings. The van der Waals surface area contributed by atoms with Crippen molar-refractivity contribution >= 4 is 27.3 Å². The lowest BCUT2D eigenvalue weighted by Crippen LogP contribution is -2.41. The summed E-state index contributed by atoms with van der Waals surface area (Å²) in [5.74, 6) is -0.00349. The van der Waals surface area contributed by atoms with Crippen molar-refractivity contribution < 1.29 is 13.2 Å². The third-order valence-electron chi connectivity index (χ3n) is 3.54. The predicted octanol–water partition coefficient (Wildman–Crippen LogP) is 1.29. The van der Waals surface area contributed by atoms with Gasteiger partial charge in [0.25, 0.3) is 0 Å². The minimum Gasteiger partial charge on any atom is -0.351 e. The number of rotatable bonds is 5. The van der Waals surface area contributed by atoms with E-state index in [2.05, 4.69) is 10.6 Å². The Kier molecular flexibility index (Phi) is 5.24. The molecule has 2 atom stereocenters. The number of nitrogens with one attached hydrogen (secondary N) is 2. The molecule has 1 fully saturated rings. The Balaban J connectivity index is 1.80. The van der Waals surface area contributed by atoms with Gasteiger partial charge in [-0.15, -0.1) is 0 Å². The second-order valence-electron chi connectivity index (χ2n) is 5.29. The normalized spacial score (nSPS) is 21.9. The molecule has 1 aliphatic heterocycles. The minimum absolute atomic E-state index is 0.0405. The number of halogens is 1. The van der Waals surface area contributed by atoms with Gasteiger partial charge in [0.05, 0.1) is 18.1 Å². The molecule has 2 rings (SSSR count). The fourth-order valence-electron chi connectivity index (χ4n) is 2.37. The van der Waals surface area contributed by atoms with E-state index < -0.39 is 9.84 Å². The van der Waals surface area contributed by atoms with Gasteiger partial charge in [0.15, 0.2) is 9.84 Å². The summed E-state index contributed by atoms with van der Waals surface area (Å²) in [6.45, 7) is 2.05. The molecule has 5 nitrogen and oxygen atoms in total. The molecule has 1 heterocycles. The molecule has 21 heavy (non-hydrogen) atoms. The quantitative estimate of drug-likeness (QED) is 0.853. The molecule has 1 saturated heterocycles. The van der Waals surface area contributed by atoms with E-state index in [4.69, 9.17) is 11.6 Å². The van der Waals surface area contributed by atoms with Crippen molar-refractivity contribution in [3.05, 3.63) is 34.9 Å². The van der Waals surface area contributed by atoms with Gasteiger partial charge in [-0.3, -0.25) is 4.79 Å². The van der Waals surface area contributed by atoms with Crippen molar-refractivity contribution in [3.8, 4) is 0 Å². The van der Waals surface area contributed by atoms with E-state index in [1.807, 2.05) is 25.1 Å². The van der Waals surface area contributed by atoms with Crippen LogP contribution in [0.1, 0.15) is 24.9 Å². The number of hydrogen-bond acceptors (Lipinski definition) is 4. The first-order chi connectivity index (χ1) is 9.87. The topological polar surface area (TPSA) is 75.3 Å². The monoisotopic (exact) mass is 330 g/mol. The standard InChI is InChI=1S/C14H19ClN2O3S/c1-10(12-4-2-3-5-13(12)15)16-8-14(18)17-11-6-7-21(19,20)9-11/h2-5,10-11,16H,6-9H2,1H3,(H,17,18)/t10-,11+/m1/s1. The molecule has 0 radical (unpaired) electrons. The first-order valence-corrected chi connectivity index (χ1v) is 9.05. The van der Waals surface area contributed by atoms with Crippen LogP contribution in [0.4, 0.5) is 0 Å². The largest absolute Gasteiger partial charge is 0.351 e. The molecule has 1 aliphatic rings. The van der Waals surface area contributed by atoms with Gasteiger partial charge in [-0.05, 0) is 25.0 Å². The Morgan fingerprint density at radius 2 is 2.14 bits per heavy atom. The Labute approximate surface area is 130 Å². The van der Waals surface area contributed by atoms with Crippen molar-refractivity contribution in [2.45, 2.75) is 25.4 Å². The highest BCUT2D eigenvalue weighted by atomic mass is 35.5. The van der Waals surface area contributed by atoms with Gasteiger partial charge in [-0.25, -0.2) is 8.42 Å². The summed E-state index contributed by atoms with van der Waals surface area (Å²) in [4.78, 5) is 11.8. The highest BCUT2D eigenvalue weighted by molar-refractivity contribution is 7.91. The third kappa shape index (κ3) is 4.69. The summed E-state index contributed by atoms with van der Waals surface area (Å²) in [5.41, 5.74) is 0.926. The molecule has 2 N–H and O–H groups in total. The zero-order chi connectivity index (χ0) is 15.5. The average Bonchev–Trinajstić information content (AvgIpc) is 2.75. The van der Waals surface area contributed by atoms with Crippen LogP contribution in [0, 0.1) is 0 Å².